The molecule has 0 spiro atoms. The molecule has 6 heteroatoms. The lowest BCUT2D eigenvalue weighted by Crippen LogP contribution is -2.03. The number of hydrogen-bond acceptors (Lipinski definition) is 5. The highest BCUT2D eigenvalue weighted by molar-refractivity contribution is 6.12. The van der Waals surface area contributed by atoms with Crippen LogP contribution in [0.4, 0.5) is 0 Å². The van der Waals surface area contributed by atoms with Crippen molar-refractivity contribution in [3.8, 4) is 62.1 Å². The average Bonchev–Trinajstić information content (AvgIpc) is 3.87. The van der Waals surface area contributed by atoms with Crippen molar-refractivity contribution < 1.29 is 4.42 Å². The molecule has 6 nitrogen and oxygen atoms in total. The predicted molar refractivity (Wildman–Crippen MR) is 244 cm³/mol. The molecule has 0 fully saturated rings. The molecule has 0 radical (unpaired) electrons. The zero-order valence-electron chi connectivity index (χ0n) is 32.2. The Kier molecular flexibility index (Phi) is 7.74. The van der Waals surface area contributed by atoms with Gasteiger partial charge >= 0.3 is 0 Å². The van der Waals surface area contributed by atoms with Crippen molar-refractivity contribution in [3.63, 3.8) is 0 Å². The van der Waals surface area contributed by atoms with Gasteiger partial charge in [-0.15, -0.1) is 0 Å². The van der Waals surface area contributed by atoms with Crippen LogP contribution < -0.4 is 0 Å². The highest BCUT2D eigenvalue weighted by Gasteiger charge is 2.21. The molecule has 280 valence electrons. The zero-order valence-corrected chi connectivity index (χ0v) is 32.2. The maximum Gasteiger partial charge on any atom is 0.235 e. The van der Waals surface area contributed by atoms with Gasteiger partial charge < -0.3 is 4.42 Å². The Balaban J connectivity index is 1.01. The highest BCUT2D eigenvalue weighted by atomic mass is 16.3. The Labute approximate surface area is 344 Å². The van der Waals surface area contributed by atoms with Crippen molar-refractivity contribution in [1.82, 2.24) is 24.5 Å². The monoisotopic (exact) mass is 767 g/mol. The molecule has 0 saturated heterocycles. The summed E-state index contributed by atoms with van der Waals surface area (Å²) < 4.78 is 8.75. The van der Waals surface area contributed by atoms with Gasteiger partial charge in [0.15, 0.2) is 11.4 Å². The van der Waals surface area contributed by atoms with Crippen LogP contribution in [0, 0.1) is 0 Å². The van der Waals surface area contributed by atoms with Crippen molar-refractivity contribution in [2.45, 2.75) is 0 Å². The normalized spacial score (nSPS) is 11.7. The fourth-order valence-electron chi connectivity index (χ4n) is 8.53. The van der Waals surface area contributed by atoms with Crippen LogP contribution in [0.3, 0.4) is 0 Å². The van der Waals surface area contributed by atoms with Gasteiger partial charge in [0.2, 0.25) is 5.95 Å². The van der Waals surface area contributed by atoms with E-state index in [1.54, 1.807) is 0 Å². The van der Waals surface area contributed by atoms with Crippen molar-refractivity contribution in [2.24, 2.45) is 0 Å². The van der Waals surface area contributed by atoms with E-state index in [0.717, 1.165) is 88.4 Å². The molecule has 0 aliphatic heterocycles. The van der Waals surface area contributed by atoms with E-state index in [1.807, 2.05) is 66.7 Å². The standard InChI is InChI=1S/C54H33N5O/c1-4-14-34(15-5-1)35-24-26-37(27-25-35)49-42-21-10-12-22-45(42)55-54(58-49)59-46-23-13-11-20-41(46)43-32-39(28-30-47(43)59)40-29-31-48-44(33-40)51-52(60-48)50(36-16-6-2-7-17-36)56-53(57-51)38-18-8-3-9-19-38/h1-33H. The Morgan fingerprint density at radius 3 is 1.67 bits per heavy atom. The average molecular weight is 768 g/mol. The minimum Gasteiger partial charge on any atom is -0.452 e. The second-order valence-corrected chi connectivity index (χ2v) is 15.0. The number of para-hydroxylation sites is 2. The van der Waals surface area contributed by atoms with E-state index in [2.05, 4.69) is 138 Å². The summed E-state index contributed by atoms with van der Waals surface area (Å²) in [5, 5.41) is 4.19. The molecule has 4 heterocycles. The SMILES string of the molecule is c1ccc(-c2ccc(-c3nc(-n4c5ccccc5c5cc(-c6ccc7oc8c(-c9ccccc9)nc(-c9ccccc9)nc8c7c6)ccc54)nc4ccccc34)cc2)cc1. The quantitative estimate of drug-likeness (QED) is 0.168. The first-order valence-electron chi connectivity index (χ1n) is 20.1. The Morgan fingerprint density at radius 1 is 0.350 bits per heavy atom. The molecule has 0 atom stereocenters. The van der Waals surface area contributed by atoms with E-state index in [9.17, 15) is 0 Å². The van der Waals surface area contributed by atoms with Crippen molar-refractivity contribution in [2.75, 3.05) is 0 Å². The number of fused-ring (bicyclic) bond motifs is 7. The van der Waals surface area contributed by atoms with E-state index in [4.69, 9.17) is 24.4 Å². The molecule has 0 aliphatic rings. The third-order valence-electron chi connectivity index (χ3n) is 11.5. The van der Waals surface area contributed by atoms with E-state index < -0.39 is 0 Å². The van der Waals surface area contributed by atoms with Gasteiger partial charge in [0.05, 0.1) is 22.2 Å². The van der Waals surface area contributed by atoms with Gasteiger partial charge in [-0.25, -0.2) is 19.9 Å². The molecule has 0 unspecified atom stereocenters. The van der Waals surface area contributed by atoms with E-state index in [1.165, 1.54) is 11.1 Å². The van der Waals surface area contributed by atoms with Crippen LogP contribution in [0.25, 0.3) is 117 Å². The summed E-state index contributed by atoms with van der Waals surface area (Å²) in [6, 6.07) is 69.2. The van der Waals surface area contributed by atoms with Gasteiger partial charge in [-0.1, -0.05) is 164 Å². The molecular weight excluding hydrogens is 735 g/mol. The van der Waals surface area contributed by atoms with Gasteiger partial charge in [0, 0.05) is 38.2 Å². The van der Waals surface area contributed by atoms with Gasteiger partial charge in [-0.2, -0.15) is 0 Å². The van der Waals surface area contributed by atoms with Crippen LogP contribution in [0.1, 0.15) is 0 Å². The molecule has 8 aromatic carbocycles. The van der Waals surface area contributed by atoms with Crippen LogP contribution in [0.2, 0.25) is 0 Å². The minimum absolute atomic E-state index is 0.629. The van der Waals surface area contributed by atoms with Gasteiger partial charge in [-0.05, 0) is 58.7 Å². The molecule has 4 aromatic heterocycles. The van der Waals surface area contributed by atoms with Crippen LogP contribution in [0.5, 0.6) is 0 Å². The van der Waals surface area contributed by atoms with Gasteiger partial charge in [0.1, 0.15) is 16.8 Å². The number of furan rings is 1. The molecule has 60 heavy (non-hydrogen) atoms. The highest BCUT2D eigenvalue weighted by Crippen LogP contribution is 2.40. The first-order valence-corrected chi connectivity index (χ1v) is 20.1. The summed E-state index contributed by atoms with van der Waals surface area (Å²) in [4.78, 5) is 20.7. The second-order valence-electron chi connectivity index (χ2n) is 15.0. The lowest BCUT2D eigenvalue weighted by atomic mass is 10.0. The van der Waals surface area contributed by atoms with Crippen LogP contribution >= 0.6 is 0 Å². The fourth-order valence-corrected chi connectivity index (χ4v) is 8.53. The number of rotatable bonds is 6. The topological polar surface area (TPSA) is 69.6 Å². The van der Waals surface area contributed by atoms with Gasteiger partial charge in [-0.3, -0.25) is 4.57 Å². The smallest absolute Gasteiger partial charge is 0.235 e. The third-order valence-corrected chi connectivity index (χ3v) is 11.5. The molecule has 12 aromatic rings. The zero-order chi connectivity index (χ0) is 39.6. The first-order chi connectivity index (χ1) is 29.7. The predicted octanol–water partition coefficient (Wildman–Crippen LogP) is 13.8. The van der Waals surface area contributed by atoms with E-state index >= 15 is 0 Å². The molecule has 0 amide bonds. The summed E-state index contributed by atoms with van der Waals surface area (Å²) in [5.74, 6) is 1.29. The number of aromatic nitrogens is 5. The summed E-state index contributed by atoms with van der Waals surface area (Å²) in [6.07, 6.45) is 0. The lowest BCUT2D eigenvalue weighted by molar-refractivity contribution is 0.667. The first kappa shape index (κ1) is 33.9. The van der Waals surface area contributed by atoms with E-state index in [-0.39, 0.29) is 0 Å². The van der Waals surface area contributed by atoms with Crippen molar-refractivity contribution in [3.05, 3.63) is 200 Å². The lowest BCUT2D eigenvalue weighted by Gasteiger charge is -2.12. The van der Waals surface area contributed by atoms with Crippen LogP contribution in [-0.2, 0) is 0 Å². The second kappa shape index (κ2) is 13.7. The van der Waals surface area contributed by atoms with Crippen molar-refractivity contribution >= 4 is 54.8 Å². The van der Waals surface area contributed by atoms with Crippen LogP contribution in [0.15, 0.2) is 205 Å². The number of nitrogens with zero attached hydrogens (tertiary/aromatic N) is 5. The van der Waals surface area contributed by atoms with Crippen molar-refractivity contribution in [1.29, 1.82) is 0 Å². The molecule has 0 aliphatic carbocycles. The molecule has 0 N–H and O–H groups in total. The molecule has 0 saturated carbocycles. The molecule has 12 rings (SSSR count). The summed E-state index contributed by atoms with van der Waals surface area (Å²) in [6.45, 7) is 0. The summed E-state index contributed by atoms with van der Waals surface area (Å²) >= 11 is 0. The number of benzene rings is 8. The molecule has 0 bridgehead atoms. The minimum atomic E-state index is 0.629. The van der Waals surface area contributed by atoms with E-state index in [0.29, 0.717) is 17.4 Å². The summed E-state index contributed by atoms with van der Waals surface area (Å²) in [5.41, 5.74) is 14.3. The maximum atomic E-state index is 6.56. The third kappa shape index (κ3) is 5.57. The fraction of sp³-hybridized carbons (Fsp3) is 0. The Hall–Kier alpha value is -8.22. The van der Waals surface area contributed by atoms with Crippen LogP contribution in [-0.4, -0.2) is 24.5 Å². The molecular formula is C54H33N5O. The number of hydrogen-bond donors (Lipinski definition) is 0. The summed E-state index contributed by atoms with van der Waals surface area (Å²) in [7, 11) is 0. The maximum absolute atomic E-state index is 6.56. The Bertz CT molecular complexity index is 3580. The van der Waals surface area contributed by atoms with Gasteiger partial charge in [0.25, 0.3) is 0 Å². The Morgan fingerprint density at radius 2 is 0.900 bits per heavy atom. The largest absolute Gasteiger partial charge is 0.452 e.